The van der Waals surface area contributed by atoms with Gasteiger partial charge in [-0.2, -0.15) is 0 Å². The Morgan fingerprint density at radius 1 is 0.223 bits per heavy atom. The fourth-order valence-corrected chi connectivity index (χ4v) is 16.0. The maximum Gasteiger partial charge on any atom is 0.307 e. The molecular formula is C102H195N5O14. The molecule has 3 N–H and O–H groups in total. The van der Waals surface area contributed by atoms with Crippen molar-refractivity contribution in [2.24, 2.45) is 5.73 Å². The maximum absolute atomic E-state index is 15.3. The Labute approximate surface area is 744 Å². The average Bonchev–Trinajstić information content (AvgIpc) is 0.861. The van der Waals surface area contributed by atoms with Crippen LogP contribution in [0.15, 0.2) is 0 Å². The first-order chi connectivity index (χ1) is 59.2. The van der Waals surface area contributed by atoms with Gasteiger partial charge in [-0.3, -0.25) is 43.3 Å². The second-order valence-electron chi connectivity index (χ2n) is 35.6. The number of hydrogen-bond acceptors (Lipinski definition) is 17. The van der Waals surface area contributed by atoms with Crippen LogP contribution in [0.5, 0.6) is 0 Å². The van der Waals surface area contributed by atoms with Crippen molar-refractivity contribution in [3.63, 3.8) is 0 Å². The zero-order valence-corrected chi connectivity index (χ0v) is 80.1. The highest BCUT2D eigenvalue weighted by Gasteiger charge is 2.31. The first-order valence-corrected chi connectivity index (χ1v) is 52.0. The number of unbranched alkanes of at least 4 members (excludes halogenated alkanes) is 56. The lowest BCUT2D eigenvalue weighted by molar-refractivity contribution is -0.146. The van der Waals surface area contributed by atoms with E-state index < -0.39 is 35.8 Å². The summed E-state index contributed by atoms with van der Waals surface area (Å²) in [6, 6.07) is -1.97. The Bertz CT molecular complexity index is 2210. The minimum atomic E-state index is -1.06. The predicted molar refractivity (Wildman–Crippen MR) is 502 cm³/mol. The van der Waals surface area contributed by atoms with Crippen molar-refractivity contribution in [1.82, 2.24) is 20.0 Å². The van der Waals surface area contributed by atoms with Gasteiger partial charge in [-0.15, -0.1) is 0 Å². The predicted octanol–water partition coefficient (Wildman–Crippen LogP) is 25.7. The van der Waals surface area contributed by atoms with E-state index in [1.165, 1.54) is 257 Å². The molecule has 0 aliphatic heterocycles. The van der Waals surface area contributed by atoms with Crippen LogP contribution in [0.25, 0.3) is 0 Å². The van der Waals surface area contributed by atoms with E-state index >= 15 is 4.79 Å². The minimum Gasteiger partial charge on any atom is -0.466 e. The molecule has 0 rings (SSSR count). The van der Waals surface area contributed by atoms with Gasteiger partial charge in [0.15, 0.2) is 0 Å². The lowest BCUT2D eigenvalue weighted by Crippen LogP contribution is -2.53. The lowest BCUT2D eigenvalue weighted by Gasteiger charge is -2.32. The van der Waals surface area contributed by atoms with Crippen LogP contribution in [0.2, 0.25) is 0 Å². The molecule has 0 radical (unpaired) electrons. The van der Waals surface area contributed by atoms with E-state index in [-0.39, 0.29) is 88.3 Å². The summed E-state index contributed by atoms with van der Waals surface area (Å²) < 4.78 is 34.7. The molecule has 121 heavy (non-hydrogen) atoms. The van der Waals surface area contributed by atoms with Gasteiger partial charge in [0.05, 0.1) is 84.2 Å². The number of ether oxygens (including phenoxy) is 6. The Kier molecular flexibility index (Phi) is 89.9. The number of nitrogens with two attached hydrogens (primary N) is 1. The van der Waals surface area contributed by atoms with Gasteiger partial charge < -0.3 is 49.3 Å². The van der Waals surface area contributed by atoms with E-state index in [0.29, 0.717) is 105 Å². The maximum atomic E-state index is 15.3. The second kappa shape index (κ2) is 93.3. The van der Waals surface area contributed by atoms with E-state index in [1.807, 2.05) is 4.90 Å². The quantitative estimate of drug-likeness (QED) is 0.0327. The highest BCUT2D eigenvalue weighted by atomic mass is 16.6. The summed E-state index contributed by atoms with van der Waals surface area (Å²) in [5, 5.41) is 3.05. The highest BCUT2D eigenvalue weighted by Crippen LogP contribution is 2.21. The molecule has 712 valence electrons. The molecule has 19 heteroatoms. The van der Waals surface area contributed by atoms with Crippen molar-refractivity contribution in [1.29, 1.82) is 0 Å². The number of hydrogen-bond donors (Lipinski definition) is 2. The SMILES string of the molecule is CCCCCCCCCCCCOC(=O)CCN(CCCCC(NC(=O)C(CCCCN(CCC(=O)OCCCCCCCCCCCC)CCC(=O)OCCCCCCCCCCCC)N(CCC(=O)OCCCCCCCCCCCC)CCC(=O)OCCCCCCCCCCCC)C(N)=O)CCC(=O)OCCCCCCCCCCCC. The highest BCUT2D eigenvalue weighted by molar-refractivity contribution is 5.89. The van der Waals surface area contributed by atoms with Crippen LogP contribution in [0.1, 0.15) is 504 Å². The van der Waals surface area contributed by atoms with Crippen molar-refractivity contribution < 1.29 is 66.8 Å². The number of esters is 6. The number of rotatable bonds is 98. The number of amides is 2. The molecule has 0 heterocycles. The molecule has 0 aromatic carbocycles. The molecule has 2 unspecified atom stereocenters. The van der Waals surface area contributed by atoms with Crippen LogP contribution in [0.3, 0.4) is 0 Å². The van der Waals surface area contributed by atoms with Gasteiger partial charge in [0.1, 0.15) is 6.04 Å². The second-order valence-corrected chi connectivity index (χ2v) is 35.6. The fourth-order valence-electron chi connectivity index (χ4n) is 16.0. The third-order valence-electron chi connectivity index (χ3n) is 24.1. The standard InChI is InChI=1S/C102H195N5O14/c1-7-13-19-25-31-37-43-49-55-65-87-116-95(108)73-81-105(82-74-96(109)117-88-66-56-50-44-38-32-26-20-14-8-2)79-63-61-71-93(101(103)114)104-102(115)94(107(85-77-99(112)120-91-69-59-53-47-41-35-29-23-17-11-5)86-78-100(113)121-92-70-60-54-48-42-36-30-24-18-12-6)72-62-64-80-106(83-75-97(110)118-89-67-57-51-45-39-33-27-21-15-9-3)84-76-98(111)119-90-68-58-52-46-40-34-28-22-16-10-4/h93-94H,7-92H2,1-6H3,(H2,103,114)(H,104,115). The Balaban J connectivity index is 6.90. The first kappa shape index (κ1) is 117. The van der Waals surface area contributed by atoms with E-state index in [2.05, 4.69) is 56.7 Å². The zero-order valence-electron chi connectivity index (χ0n) is 80.1. The molecule has 0 aliphatic rings. The summed E-state index contributed by atoms with van der Waals surface area (Å²) in [7, 11) is 0. The largest absolute Gasteiger partial charge is 0.466 e. The Morgan fingerprint density at radius 2 is 0.405 bits per heavy atom. The monoisotopic (exact) mass is 1710 g/mol. The molecular weight excluding hydrogens is 1520 g/mol. The van der Waals surface area contributed by atoms with Gasteiger partial charge in [-0.05, 0) is 83.7 Å². The van der Waals surface area contributed by atoms with Gasteiger partial charge >= 0.3 is 35.8 Å². The minimum absolute atomic E-state index is 0.0303. The van der Waals surface area contributed by atoms with Gasteiger partial charge in [0, 0.05) is 39.3 Å². The summed E-state index contributed by atoms with van der Waals surface area (Å²) >= 11 is 0. The number of carbonyl (C=O) groups excluding carboxylic acids is 8. The Morgan fingerprint density at radius 3 is 0.603 bits per heavy atom. The van der Waals surface area contributed by atoms with Crippen molar-refractivity contribution in [3.8, 4) is 0 Å². The average molecular weight is 1720 g/mol. The molecule has 0 aromatic heterocycles. The number of nitrogens with zero attached hydrogens (tertiary/aromatic N) is 3. The number of primary amides is 1. The molecule has 19 nitrogen and oxygen atoms in total. The molecule has 2 amide bonds. The molecule has 0 spiro atoms. The first-order valence-electron chi connectivity index (χ1n) is 52.0. The van der Waals surface area contributed by atoms with Crippen LogP contribution in [-0.2, 0) is 66.8 Å². The van der Waals surface area contributed by atoms with E-state index in [4.69, 9.17) is 34.2 Å². The fraction of sp³-hybridized carbons (Fsp3) is 0.922. The molecule has 0 fully saturated rings. The molecule has 0 aliphatic carbocycles. The molecule has 0 saturated carbocycles. The van der Waals surface area contributed by atoms with E-state index in [9.17, 15) is 33.6 Å². The van der Waals surface area contributed by atoms with Gasteiger partial charge in [-0.25, -0.2) is 0 Å². The number of nitrogens with one attached hydrogen (secondary N) is 1. The zero-order chi connectivity index (χ0) is 88.3. The van der Waals surface area contributed by atoms with Crippen molar-refractivity contribution >= 4 is 47.6 Å². The molecule has 0 bridgehead atoms. The summed E-state index contributed by atoms with van der Waals surface area (Å²) in [6.45, 7) is 18.3. The normalized spacial score (nSPS) is 12.0. The van der Waals surface area contributed by atoms with Crippen molar-refractivity contribution in [2.45, 2.75) is 516 Å². The number of carbonyl (C=O) groups is 8. The van der Waals surface area contributed by atoms with Gasteiger partial charge in [0.25, 0.3) is 0 Å². The van der Waals surface area contributed by atoms with E-state index in [1.54, 1.807) is 0 Å². The van der Waals surface area contributed by atoms with Crippen molar-refractivity contribution in [3.05, 3.63) is 0 Å². The Hall–Kier alpha value is -4.36. The van der Waals surface area contributed by atoms with Gasteiger partial charge in [-0.1, -0.05) is 395 Å². The van der Waals surface area contributed by atoms with Crippen molar-refractivity contribution in [2.75, 3.05) is 92.0 Å². The van der Waals surface area contributed by atoms with Crippen LogP contribution >= 0.6 is 0 Å². The third-order valence-corrected chi connectivity index (χ3v) is 24.1. The molecule has 2 atom stereocenters. The van der Waals surface area contributed by atoms with Crippen LogP contribution in [0, 0.1) is 0 Å². The van der Waals surface area contributed by atoms with Gasteiger partial charge in [0.2, 0.25) is 11.8 Å². The molecule has 0 aromatic rings. The third kappa shape index (κ3) is 83.6. The molecule has 0 saturated heterocycles. The summed E-state index contributed by atoms with van der Waals surface area (Å²) in [4.78, 5) is 116. The smallest absolute Gasteiger partial charge is 0.307 e. The van der Waals surface area contributed by atoms with Crippen LogP contribution in [0.4, 0.5) is 0 Å². The van der Waals surface area contributed by atoms with Crippen LogP contribution < -0.4 is 11.1 Å². The summed E-state index contributed by atoms with van der Waals surface area (Å²) in [5.41, 5.74) is 6.22. The summed E-state index contributed by atoms with van der Waals surface area (Å²) in [5.74, 6) is -3.04. The van der Waals surface area contributed by atoms with E-state index in [0.717, 1.165) is 128 Å². The topological polar surface area (TPSA) is 240 Å². The summed E-state index contributed by atoms with van der Waals surface area (Å²) in [6.07, 6.45) is 73.6. The lowest BCUT2D eigenvalue weighted by atomic mass is 10.0. The van der Waals surface area contributed by atoms with Crippen LogP contribution in [-0.4, -0.2) is 166 Å².